The molecule has 9 heteroatoms. The number of anilines is 3. The van der Waals surface area contributed by atoms with Crippen molar-refractivity contribution in [2.24, 2.45) is 0 Å². The number of para-hydroxylation sites is 1. The number of rotatable bonds is 3. The van der Waals surface area contributed by atoms with Gasteiger partial charge in [-0.3, -0.25) is 9.69 Å². The number of ether oxygens (including phenoxy) is 1. The summed E-state index contributed by atoms with van der Waals surface area (Å²) in [6, 6.07) is 11.3. The van der Waals surface area contributed by atoms with E-state index in [-0.39, 0.29) is 22.8 Å². The Kier molecular flexibility index (Phi) is 5.43. The first-order chi connectivity index (χ1) is 15.7. The molecule has 0 fully saturated rings. The summed E-state index contributed by atoms with van der Waals surface area (Å²) in [5.74, 6) is 0.235. The maximum Gasteiger partial charge on any atom is 0.268 e. The van der Waals surface area contributed by atoms with E-state index < -0.39 is 6.23 Å². The van der Waals surface area contributed by atoms with E-state index in [1.165, 1.54) is 22.2 Å². The van der Waals surface area contributed by atoms with Crippen LogP contribution in [0.25, 0.3) is 0 Å². The van der Waals surface area contributed by atoms with Crippen LogP contribution in [0.2, 0.25) is 10.0 Å². The second kappa shape index (κ2) is 8.17. The van der Waals surface area contributed by atoms with Crippen LogP contribution in [-0.4, -0.2) is 28.6 Å². The lowest BCUT2D eigenvalue weighted by molar-refractivity contribution is 0.0867. The molecule has 170 valence electrons. The average molecular weight is 484 g/mol. The number of halogens is 2. The fourth-order valence-electron chi connectivity index (χ4n) is 4.39. The molecule has 1 unspecified atom stereocenters. The van der Waals surface area contributed by atoms with Gasteiger partial charge in [-0.1, -0.05) is 49.2 Å². The lowest BCUT2D eigenvalue weighted by Gasteiger charge is -2.34. The van der Waals surface area contributed by atoms with Gasteiger partial charge in [0.2, 0.25) is 11.8 Å². The van der Waals surface area contributed by atoms with E-state index >= 15 is 0 Å². The number of benzene rings is 2. The Morgan fingerprint density at radius 3 is 2.73 bits per heavy atom. The van der Waals surface area contributed by atoms with Gasteiger partial charge in [0.25, 0.3) is 5.91 Å². The first-order valence-corrected chi connectivity index (χ1v) is 11.4. The minimum absolute atomic E-state index is 0.0786. The number of carbonyl (C=O) groups is 1. The van der Waals surface area contributed by atoms with E-state index in [1.54, 1.807) is 25.1 Å². The van der Waals surface area contributed by atoms with Crippen molar-refractivity contribution in [1.29, 1.82) is 0 Å². The van der Waals surface area contributed by atoms with Crippen LogP contribution in [0.4, 0.5) is 17.3 Å². The molecule has 2 aliphatic rings. The molecule has 2 aromatic carbocycles. The minimum Gasteiger partial charge on any atom is -0.453 e. The number of nitrogens with zero attached hydrogens (tertiary/aromatic N) is 3. The van der Waals surface area contributed by atoms with Gasteiger partial charge in [0.15, 0.2) is 6.23 Å². The number of hydrogen-bond donors (Lipinski definition) is 2. The third-order valence-electron chi connectivity index (χ3n) is 6.00. The van der Waals surface area contributed by atoms with E-state index in [2.05, 4.69) is 46.6 Å². The Morgan fingerprint density at radius 2 is 1.97 bits per heavy atom. The van der Waals surface area contributed by atoms with Crippen LogP contribution < -0.4 is 20.3 Å². The van der Waals surface area contributed by atoms with Gasteiger partial charge in [0.1, 0.15) is 5.56 Å². The summed E-state index contributed by atoms with van der Waals surface area (Å²) in [6.45, 7) is 7.96. The van der Waals surface area contributed by atoms with Crippen LogP contribution in [0, 0.1) is 0 Å². The molecule has 33 heavy (non-hydrogen) atoms. The molecule has 0 radical (unpaired) electrons. The second-order valence-corrected chi connectivity index (χ2v) is 9.67. The summed E-state index contributed by atoms with van der Waals surface area (Å²) in [5.41, 5.74) is 4.16. The molecule has 0 bridgehead atoms. The zero-order valence-electron chi connectivity index (χ0n) is 18.4. The Hall–Kier alpha value is -2.87. The fraction of sp³-hybridized carbons (Fsp3) is 0.292. The van der Waals surface area contributed by atoms with Crippen LogP contribution in [0.5, 0.6) is 5.88 Å². The predicted octanol–water partition coefficient (Wildman–Crippen LogP) is 5.29. The highest BCUT2D eigenvalue weighted by atomic mass is 35.5. The van der Waals surface area contributed by atoms with Crippen molar-refractivity contribution < 1.29 is 9.53 Å². The summed E-state index contributed by atoms with van der Waals surface area (Å²) in [5, 5.41) is 7.40. The van der Waals surface area contributed by atoms with Crippen molar-refractivity contribution in [2.75, 3.05) is 16.8 Å². The Morgan fingerprint density at radius 1 is 1.21 bits per heavy atom. The predicted molar refractivity (Wildman–Crippen MR) is 130 cm³/mol. The maximum absolute atomic E-state index is 13.2. The van der Waals surface area contributed by atoms with Gasteiger partial charge >= 0.3 is 0 Å². The highest BCUT2D eigenvalue weighted by molar-refractivity contribution is 6.40. The van der Waals surface area contributed by atoms with Gasteiger partial charge in [-0.25, -0.2) is 4.98 Å². The molecule has 0 saturated carbocycles. The fourth-order valence-corrected chi connectivity index (χ4v) is 4.97. The molecule has 5 rings (SSSR count). The van der Waals surface area contributed by atoms with Crippen LogP contribution in [0.3, 0.4) is 0 Å². The van der Waals surface area contributed by atoms with Crippen molar-refractivity contribution in [3.05, 3.63) is 69.3 Å². The highest BCUT2D eigenvalue weighted by Crippen LogP contribution is 2.39. The minimum atomic E-state index is -0.651. The van der Waals surface area contributed by atoms with Crippen molar-refractivity contribution in [3.63, 3.8) is 0 Å². The summed E-state index contributed by atoms with van der Waals surface area (Å²) >= 11 is 12.6. The van der Waals surface area contributed by atoms with Gasteiger partial charge in [-0.05, 0) is 42.3 Å². The Balaban J connectivity index is 1.43. The molecule has 3 aromatic rings. The van der Waals surface area contributed by atoms with Gasteiger partial charge < -0.3 is 15.4 Å². The van der Waals surface area contributed by atoms with Crippen molar-refractivity contribution in [3.8, 4) is 5.88 Å². The molecule has 2 aliphatic heterocycles. The molecule has 0 spiro atoms. The molecule has 1 atom stereocenters. The van der Waals surface area contributed by atoms with Gasteiger partial charge in [0.05, 0.1) is 15.7 Å². The SMILES string of the molecule is CC1Oc2nc(Nc3ccc4c(c3)CNCC4(C)C)ncc2C(=O)N1c1c(Cl)cccc1Cl. The van der Waals surface area contributed by atoms with Crippen LogP contribution in [0.15, 0.2) is 42.6 Å². The van der Waals surface area contributed by atoms with Crippen molar-refractivity contribution in [2.45, 2.75) is 39.0 Å². The van der Waals surface area contributed by atoms with E-state index in [1.807, 2.05) is 6.07 Å². The molecule has 0 aliphatic carbocycles. The summed E-state index contributed by atoms with van der Waals surface area (Å²) < 4.78 is 5.96. The quantitative estimate of drug-likeness (QED) is 0.526. The van der Waals surface area contributed by atoms with E-state index in [9.17, 15) is 4.79 Å². The topological polar surface area (TPSA) is 79.4 Å². The molecule has 2 N–H and O–H groups in total. The molecule has 1 amide bonds. The van der Waals surface area contributed by atoms with Crippen LogP contribution in [-0.2, 0) is 12.0 Å². The third kappa shape index (κ3) is 3.90. The Labute approximate surface area is 202 Å². The number of aromatic nitrogens is 2. The first-order valence-electron chi connectivity index (χ1n) is 10.7. The molecule has 0 saturated heterocycles. The van der Waals surface area contributed by atoms with Crippen LogP contribution in [0.1, 0.15) is 42.3 Å². The normalized spacial score (nSPS) is 18.9. The number of amides is 1. The summed E-state index contributed by atoms with van der Waals surface area (Å²) in [6.07, 6.45) is 0.807. The lowest BCUT2D eigenvalue weighted by Crippen LogP contribution is -2.46. The maximum atomic E-state index is 13.2. The average Bonchev–Trinajstić information content (AvgIpc) is 2.75. The molecule has 3 heterocycles. The van der Waals surface area contributed by atoms with Crippen LogP contribution >= 0.6 is 23.2 Å². The lowest BCUT2D eigenvalue weighted by atomic mass is 9.79. The zero-order chi connectivity index (χ0) is 23.3. The number of hydrogen-bond acceptors (Lipinski definition) is 6. The number of nitrogens with one attached hydrogen (secondary N) is 2. The highest BCUT2D eigenvalue weighted by Gasteiger charge is 2.36. The largest absolute Gasteiger partial charge is 0.453 e. The van der Waals surface area contributed by atoms with E-state index in [0.29, 0.717) is 21.7 Å². The smallest absolute Gasteiger partial charge is 0.268 e. The van der Waals surface area contributed by atoms with Crippen molar-refractivity contribution in [1.82, 2.24) is 15.3 Å². The molecule has 1 aromatic heterocycles. The number of fused-ring (bicyclic) bond motifs is 2. The van der Waals surface area contributed by atoms with E-state index in [4.69, 9.17) is 27.9 Å². The first kappa shape index (κ1) is 21.9. The van der Waals surface area contributed by atoms with Gasteiger partial charge in [-0.15, -0.1) is 0 Å². The van der Waals surface area contributed by atoms with Gasteiger partial charge in [0, 0.05) is 30.4 Å². The summed E-state index contributed by atoms with van der Waals surface area (Å²) in [7, 11) is 0. The molecule has 7 nitrogen and oxygen atoms in total. The summed E-state index contributed by atoms with van der Waals surface area (Å²) in [4.78, 5) is 23.5. The number of carbonyl (C=O) groups excluding carboxylic acids is 1. The van der Waals surface area contributed by atoms with Gasteiger partial charge in [-0.2, -0.15) is 4.98 Å². The van der Waals surface area contributed by atoms with Crippen molar-refractivity contribution >= 4 is 46.4 Å². The zero-order valence-corrected chi connectivity index (χ0v) is 20.0. The molecular weight excluding hydrogens is 461 g/mol. The molecular formula is C24H23Cl2N5O2. The third-order valence-corrected chi connectivity index (χ3v) is 6.61. The second-order valence-electron chi connectivity index (χ2n) is 8.86. The Bertz CT molecular complexity index is 1240. The standard InChI is InChI=1S/C24H23Cl2N5O2/c1-13-31(20-18(25)5-4-6-19(20)26)22(32)16-11-28-23(30-21(16)33-13)29-15-7-8-17-14(9-15)10-27-12-24(17,2)3/h4-9,11,13,27H,10,12H2,1-3H3,(H,28,29,30). The van der Waals surface area contributed by atoms with E-state index in [0.717, 1.165) is 18.8 Å². The monoisotopic (exact) mass is 483 g/mol.